The number of pyridine rings is 2. The zero-order valence-corrected chi connectivity index (χ0v) is 18.8. The minimum Gasteiger partial charge on any atom is -0.458 e. The van der Waals surface area contributed by atoms with Crippen molar-refractivity contribution in [1.29, 1.82) is 0 Å². The molecule has 4 aromatic rings. The number of hydrogen-bond donors (Lipinski definition) is 1. The predicted molar refractivity (Wildman–Crippen MR) is 126 cm³/mol. The second-order valence-electron chi connectivity index (χ2n) is 9.01. The molecule has 5 heterocycles. The van der Waals surface area contributed by atoms with Gasteiger partial charge in [0.05, 0.1) is 29.0 Å². The SMILES string of the molecule is CC[C@@]1(O)C(=O)OCc2c1cc1n(c2=O)Cc2c-1nc1cc3c(cc1c2-c1ccccc1)OCO3. The van der Waals surface area contributed by atoms with E-state index in [0.717, 1.165) is 22.1 Å². The molecule has 35 heavy (non-hydrogen) atoms. The molecule has 2 aromatic carbocycles. The van der Waals surface area contributed by atoms with Crippen molar-refractivity contribution in [2.24, 2.45) is 0 Å². The van der Waals surface area contributed by atoms with Crippen LogP contribution in [0.25, 0.3) is 33.4 Å². The van der Waals surface area contributed by atoms with Crippen molar-refractivity contribution in [3.05, 3.63) is 75.6 Å². The van der Waals surface area contributed by atoms with Gasteiger partial charge in [0.1, 0.15) is 6.61 Å². The molecular formula is C27H20N2O6. The highest BCUT2D eigenvalue weighted by Gasteiger charge is 2.45. The summed E-state index contributed by atoms with van der Waals surface area (Å²) in [6, 6.07) is 15.5. The third-order valence-corrected chi connectivity index (χ3v) is 7.24. The minimum absolute atomic E-state index is 0.0957. The monoisotopic (exact) mass is 468 g/mol. The van der Waals surface area contributed by atoms with Crippen molar-refractivity contribution in [2.45, 2.75) is 32.1 Å². The number of nitrogens with zero attached hydrogens (tertiary/aromatic N) is 2. The van der Waals surface area contributed by atoms with E-state index in [1.165, 1.54) is 0 Å². The third kappa shape index (κ3) is 2.62. The maximum absolute atomic E-state index is 13.6. The van der Waals surface area contributed by atoms with E-state index in [9.17, 15) is 14.7 Å². The number of cyclic esters (lactones) is 1. The van der Waals surface area contributed by atoms with Crippen LogP contribution in [0.1, 0.15) is 30.0 Å². The van der Waals surface area contributed by atoms with Crippen LogP contribution in [0.5, 0.6) is 11.5 Å². The van der Waals surface area contributed by atoms with Crippen LogP contribution in [0.4, 0.5) is 0 Å². The summed E-state index contributed by atoms with van der Waals surface area (Å²) < 4.78 is 18.1. The van der Waals surface area contributed by atoms with Crippen LogP contribution in [0.15, 0.2) is 53.3 Å². The molecule has 8 nitrogen and oxygen atoms in total. The molecule has 0 bridgehead atoms. The van der Waals surface area contributed by atoms with Crippen LogP contribution in [0.3, 0.4) is 0 Å². The Kier molecular flexibility index (Phi) is 4.00. The molecule has 0 saturated heterocycles. The lowest BCUT2D eigenvalue weighted by Gasteiger charge is -2.31. The van der Waals surface area contributed by atoms with Gasteiger partial charge in [-0.25, -0.2) is 9.78 Å². The van der Waals surface area contributed by atoms with Crippen molar-refractivity contribution in [3.63, 3.8) is 0 Å². The maximum atomic E-state index is 13.6. The molecule has 0 saturated carbocycles. The van der Waals surface area contributed by atoms with Crippen molar-refractivity contribution in [2.75, 3.05) is 6.79 Å². The van der Waals surface area contributed by atoms with E-state index in [4.69, 9.17) is 19.2 Å². The molecular weight excluding hydrogens is 448 g/mol. The summed E-state index contributed by atoms with van der Waals surface area (Å²) in [5, 5.41) is 12.0. The van der Waals surface area contributed by atoms with E-state index < -0.39 is 11.6 Å². The largest absolute Gasteiger partial charge is 0.458 e. The van der Waals surface area contributed by atoms with Gasteiger partial charge in [-0.2, -0.15) is 0 Å². The summed E-state index contributed by atoms with van der Waals surface area (Å²) in [6.07, 6.45) is 0.0957. The molecule has 0 spiro atoms. The summed E-state index contributed by atoms with van der Waals surface area (Å²) >= 11 is 0. The fourth-order valence-corrected chi connectivity index (χ4v) is 5.40. The summed E-state index contributed by atoms with van der Waals surface area (Å²) in [6.45, 7) is 2.00. The fraction of sp³-hybridized carbons (Fsp3) is 0.222. The molecule has 3 aliphatic heterocycles. The average Bonchev–Trinajstić information content (AvgIpc) is 3.48. The van der Waals surface area contributed by atoms with Crippen LogP contribution >= 0.6 is 0 Å². The lowest BCUT2D eigenvalue weighted by molar-refractivity contribution is -0.172. The third-order valence-electron chi connectivity index (χ3n) is 7.24. The zero-order chi connectivity index (χ0) is 23.9. The number of esters is 1. The second kappa shape index (κ2) is 6.93. The number of rotatable bonds is 2. The van der Waals surface area contributed by atoms with Gasteiger partial charge in [0.2, 0.25) is 6.79 Å². The highest BCUT2D eigenvalue weighted by Crippen LogP contribution is 2.46. The number of hydrogen-bond acceptors (Lipinski definition) is 7. The Balaban J connectivity index is 1.56. The number of aliphatic hydroxyl groups is 1. The summed E-state index contributed by atoms with van der Waals surface area (Å²) in [7, 11) is 0. The molecule has 174 valence electrons. The molecule has 0 amide bonds. The summed E-state index contributed by atoms with van der Waals surface area (Å²) in [5.41, 5.74) is 3.22. The van der Waals surface area contributed by atoms with Gasteiger partial charge in [0.25, 0.3) is 5.56 Å². The van der Waals surface area contributed by atoms with Gasteiger partial charge in [-0.3, -0.25) is 4.79 Å². The molecule has 3 aliphatic rings. The van der Waals surface area contributed by atoms with Crippen molar-refractivity contribution >= 4 is 16.9 Å². The van der Waals surface area contributed by atoms with E-state index in [0.29, 0.717) is 46.1 Å². The van der Waals surface area contributed by atoms with E-state index in [-0.39, 0.29) is 25.4 Å². The molecule has 0 unspecified atom stereocenters. The van der Waals surface area contributed by atoms with E-state index in [1.54, 1.807) is 17.6 Å². The van der Waals surface area contributed by atoms with Crippen LogP contribution in [0, 0.1) is 0 Å². The molecule has 1 N–H and O–H groups in total. The standard InChI is InChI=1S/C27H20N2O6/c1-2-27(32)18-9-20-24-16(11-29(20)25(30)17(18)12-33-26(27)31)23(14-6-4-3-5-7-14)15-8-21-22(35-13-34-21)10-19(15)28-24/h3-10,32H,2,11-13H2,1H3/t27-/m0/s1. The quantitative estimate of drug-likeness (QED) is 0.396. The maximum Gasteiger partial charge on any atom is 0.343 e. The summed E-state index contributed by atoms with van der Waals surface area (Å²) in [5.74, 6) is 0.537. The van der Waals surface area contributed by atoms with E-state index >= 15 is 0 Å². The van der Waals surface area contributed by atoms with E-state index in [1.807, 2.05) is 42.5 Å². The second-order valence-corrected chi connectivity index (χ2v) is 9.01. The highest BCUT2D eigenvalue weighted by atomic mass is 16.7. The topological polar surface area (TPSA) is 99.9 Å². The first-order valence-electron chi connectivity index (χ1n) is 11.5. The molecule has 7 rings (SSSR count). The zero-order valence-electron chi connectivity index (χ0n) is 18.8. The van der Waals surface area contributed by atoms with Gasteiger partial charge in [0.15, 0.2) is 17.1 Å². The lowest BCUT2D eigenvalue weighted by Crippen LogP contribution is -2.44. The van der Waals surface area contributed by atoms with Gasteiger partial charge in [-0.05, 0) is 29.7 Å². The van der Waals surface area contributed by atoms with Crippen molar-refractivity contribution in [3.8, 4) is 34.0 Å². The van der Waals surface area contributed by atoms with Crippen LogP contribution in [-0.2, 0) is 28.3 Å². The predicted octanol–water partition coefficient (Wildman–Crippen LogP) is 3.48. The van der Waals surface area contributed by atoms with Gasteiger partial charge >= 0.3 is 5.97 Å². The Labute approximate surface area is 199 Å². The Bertz CT molecular complexity index is 1640. The molecule has 2 aromatic heterocycles. The van der Waals surface area contributed by atoms with Crippen molar-refractivity contribution in [1.82, 2.24) is 9.55 Å². The van der Waals surface area contributed by atoms with Crippen LogP contribution in [-0.4, -0.2) is 27.4 Å². The number of fused-ring (bicyclic) bond motifs is 6. The Morgan fingerprint density at radius 2 is 1.80 bits per heavy atom. The molecule has 8 heteroatoms. The van der Waals surface area contributed by atoms with Gasteiger partial charge in [-0.1, -0.05) is 37.3 Å². The van der Waals surface area contributed by atoms with Gasteiger partial charge < -0.3 is 23.9 Å². The van der Waals surface area contributed by atoms with Crippen LogP contribution in [0.2, 0.25) is 0 Å². The van der Waals surface area contributed by atoms with E-state index in [2.05, 4.69) is 0 Å². The first-order valence-corrected chi connectivity index (χ1v) is 11.5. The fourth-order valence-electron chi connectivity index (χ4n) is 5.40. The first kappa shape index (κ1) is 20.2. The Morgan fingerprint density at radius 1 is 1.03 bits per heavy atom. The minimum atomic E-state index is -1.86. The van der Waals surface area contributed by atoms with Crippen molar-refractivity contribution < 1.29 is 24.1 Å². The number of ether oxygens (including phenoxy) is 3. The molecule has 0 aliphatic carbocycles. The van der Waals surface area contributed by atoms with Gasteiger partial charge in [0, 0.05) is 22.6 Å². The molecule has 0 radical (unpaired) electrons. The Hall–Kier alpha value is -4.17. The number of carbonyl (C=O) groups excluding carboxylic acids is 1. The van der Waals surface area contributed by atoms with Gasteiger partial charge in [-0.15, -0.1) is 0 Å². The highest BCUT2D eigenvalue weighted by molar-refractivity contribution is 6.01. The number of benzene rings is 2. The molecule has 0 fully saturated rings. The molecule has 1 atom stereocenters. The lowest BCUT2D eigenvalue weighted by atomic mass is 9.86. The average molecular weight is 468 g/mol. The number of aromatic nitrogens is 2. The summed E-state index contributed by atoms with van der Waals surface area (Å²) in [4.78, 5) is 31.0. The van der Waals surface area contributed by atoms with Crippen LogP contribution < -0.4 is 15.0 Å². The number of carbonyl (C=O) groups is 1. The normalized spacial score (nSPS) is 19.3. The smallest absolute Gasteiger partial charge is 0.343 e. The first-order chi connectivity index (χ1) is 17.0. The Morgan fingerprint density at radius 3 is 2.57 bits per heavy atom.